The Morgan fingerprint density at radius 1 is 0.388 bits per heavy atom. The quantitative estimate of drug-likeness (QED) is 0.170. The molecule has 1 atom stereocenters. The molecule has 2 heterocycles. The highest BCUT2D eigenvalue weighted by molar-refractivity contribution is 9.10. The van der Waals surface area contributed by atoms with Crippen molar-refractivity contribution in [1.82, 2.24) is 0 Å². The number of hydrogen-bond donors (Lipinski definition) is 0. The summed E-state index contributed by atoms with van der Waals surface area (Å²) in [6.07, 6.45) is 0. The van der Waals surface area contributed by atoms with Gasteiger partial charge in [-0.25, -0.2) is 0 Å². The minimum absolute atomic E-state index is 0.362. The van der Waals surface area contributed by atoms with Crippen LogP contribution < -0.4 is 0 Å². The molecule has 230 valence electrons. The van der Waals surface area contributed by atoms with Crippen LogP contribution in [-0.4, -0.2) is 0 Å². The van der Waals surface area contributed by atoms with E-state index in [-0.39, 0.29) is 5.41 Å². The molecule has 0 nitrogen and oxygen atoms in total. The summed E-state index contributed by atoms with van der Waals surface area (Å²) in [7, 11) is 0. The number of halogens is 1. The zero-order chi connectivity index (χ0) is 32.3. The molecule has 1 spiro atoms. The van der Waals surface area contributed by atoms with E-state index in [0.717, 1.165) is 4.47 Å². The van der Waals surface area contributed by atoms with Gasteiger partial charge in [0.05, 0.1) is 10.8 Å². The summed E-state index contributed by atoms with van der Waals surface area (Å²) in [4.78, 5) is 4.17. The van der Waals surface area contributed by atoms with Crippen molar-refractivity contribution >= 4 is 38.6 Å². The molecule has 0 bridgehead atoms. The lowest BCUT2D eigenvalue weighted by Crippen LogP contribution is -2.28. The van der Waals surface area contributed by atoms with Crippen molar-refractivity contribution in [2.45, 2.75) is 10.8 Å². The van der Waals surface area contributed by atoms with Crippen molar-refractivity contribution in [1.29, 1.82) is 0 Å². The van der Waals surface area contributed by atoms with E-state index >= 15 is 0 Å². The fourth-order valence-corrected chi connectivity index (χ4v) is 12.5. The molecular weight excluding hydrogens is 697 g/mol. The molecule has 3 aliphatic rings. The third-order valence-corrected chi connectivity index (χ3v) is 14.0. The summed E-state index contributed by atoms with van der Waals surface area (Å²) in [5, 5.41) is 2.29. The van der Waals surface area contributed by atoms with E-state index in [9.17, 15) is 0 Å². The van der Waals surface area contributed by atoms with Crippen LogP contribution >= 0.6 is 38.6 Å². The van der Waals surface area contributed by atoms with E-state index < -0.39 is 5.41 Å². The standard InChI is InChI=1S/C46H27BrS2/c47-29-22-23-35-33-16-6-11-21-40(33)46(41(35)26-29,43-30(24-25-48-43)28-12-2-1-3-13-28)42-27-36-34-17-7-10-20-39(34)45(44(36)49-42)37-18-8-4-14-31(37)32-15-5-9-19-38(32)45/h1-27H. The van der Waals surface area contributed by atoms with Crippen LogP contribution in [0.15, 0.2) is 168 Å². The lowest BCUT2D eigenvalue weighted by molar-refractivity contribution is 0.804. The van der Waals surface area contributed by atoms with Crippen molar-refractivity contribution in [2.24, 2.45) is 0 Å². The van der Waals surface area contributed by atoms with Crippen LogP contribution in [-0.2, 0) is 10.8 Å². The molecule has 0 radical (unpaired) electrons. The molecule has 2 aromatic heterocycles. The minimum Gasteiger partial charge on any atom is -0.147 e. The number of benzene rings is 6. The first-order valence-electron chi connectivity index (χ1n) is 16.7. The highest BCUT2D eigenvalue weighted by Crippen LogP contribution is 2.68. The Morgan fingerprint density at radius 3 is 1.51 bits per heavy atom. The van der Waals surface area contributed by atoms with Gasteiger partial charge in [-0.1, -0.05) is 149 Å². The van der Waals surface area contributed by atoms with Crippen LogP contribution in [0.25, 0.3) is 44.5 Å². The molecule has 6 aromatic carbocycles. The van der Waals surface area contributed by atoms with Gasteiger partial charge in [0, 0.05) is 19.1 Å². The third kappa shape index (κ3) is 3.43. The van der Waals surface area contributed by atoms with Crippen LogP contribution in [0, 0.1) is 0 Å². The van der Waals surface area contributed by atoms with Crippen LogP contribution in [0.3, 0.4) is 0 Å². The molecule has 0 fully saturated rings. The van der Waals surface area contributed by atoms with Crippen LogP contribution in [0.4, 0.5) is 0 Å². The fourth-order valence-electron chi connectivity index (χ4n) is 9.31. The Hall–Kier alpha value is -4.80. The maximum absolute atomic E-state index is 3.92. The average Bonchev–Trinajstić information content (AvgIpc) is 3.97. The van der Waals surface area contributed by atoms with Gasteiger partial charge < -0.3 is 0 Å². The number of thiophene rings is 2. The summed E-state index contributed by atoms with van der Waals surface area (Å²) in [6, 6.07) is 59.3. The maximum atomic E-state index is 3.92. The van der Waals surface area contributed by atoms with Gasteiger partial charge in [0.1, 0.15) is 0 Å². The van der Waals surface area contributed by atoms with Gasteiger partial charge in [-0.2, -0.15) is 0 Å². The zero-order valence-corrected chi connectivity index (χ0v) is 29.5. The molecule has 11 rings (SSSR count). The maximum Gasteiger partial charge on any atom is 0.0906 e. The molecule has 0 saturated heterocycles. The third-order valence-electron chi connectivity index (χ3n) is 11.1. The Labute approximate surface area is 302 Å². The van der Waals surface area contributed by atoms with E-state index in [1.165, 1.54) is 87.0 Å². The molecule has 0 saturated carbocycles. The van der Waals surface area contributed by atoms with Crippen LogP contribution in [0.1, 0.15) is 42.4 Å². The van der Waals surface area contributed by atoms with Gasteiger partial charge in [0.2, 0.25) is 0 Å². The SMILES string of the molecule is Brc1ccc2c(c1)C(c1cc3c(s1)C1(c4ccccc4-c4ccccc41)c1ccccc1-3)(c1sccc1-c1ccccc1)c1ccccc1-2. The van der Waals surface area contributed by atoms with E-state index in [0.29, 0.717) is 0 Å². The van der Waals surface area contributed by atoms with Crippen molar-refractivity contribution in [3.8, 4) is 44.5 Å². The first kappa shape index (κ1) is 28.1. The van der Waals surface area contributed by atoms with E-state index in [1.54, 1.807) is 0 Å². The number of rotatable bonds is 3. The highest BCUT2D eigenvalue weighted by Gasteiger charge is 2.56. The molecule has 3 heteroatoms. The summed E-state index contributed by atoms with van der Waals surface area (Å²) in [5.41, 5.74) is 16.6. The first-order valence-corrected chi connectivity index (χ1v) is 19.2. The Bertz CT molecular complexity index is 2590. The Kier molecular flexibility index (Phi) is 5.80. The molecular formula is C46H27BrS2. The summed E-state index contributed by atoms with van der Waals surface area (Å²) < 4.78 is 1.10. The molecule has 0 N–H and O–H groups in total. The molecule has 3 aliphatic carbocycles. The van der Waals surface area contributed by atoms with Crippen LogP contribution in [0.5, 0.6) is 0 Å². The van der Waals surface area contributed by atoms with E-state index in [4.69, 9.17) is 0 Å². The van der Waals surface area contributed by atoms with Crippen molar-refractivity contribution in [2.75, 3.05) is 0 Å². The predicted molar refractivity (Wildman–Crippen MR) is 209 cm³/mol. The second-order valence-corrected chi connectivity index (χ2v) is 16.1. The highest BCUT2D eigenvalue weighted by atomic mass is 79.9. The van der Waals surface area contributed by atoms with Crippen LogP contribution in [0.2, 0.25) is 0 Å². The second-order valence-electron chi connectivity index (χ2n) is 13.3. The van der Waals surface area contributed by atoms with E-state index in [2.05, 4.69) is 179 Å². The monoisotopic (exact) mass is 722 g/mol. The summed E-state index contributed by atoms with van der Waals surface area (Å²) in [5.74, 6) is 0. The van der Waals surface area contributed by atoms with Gasteiger partial charge in [-0.3, -0.25) is 0 Å². The normalized spacial score (nSPS) is 16.9. The Morgan fingerprint density at radius 2 is 0.898 bits per heavy atom. The summed E-state index contributed by atoms with van der Waals surface area (Å²) >= 11 is 7.83. The van der Waals surface area contributed by atoms with Gasteiger partial charge >= 0.3 is 0 Å². The van der Waals surface area contributed by atoms with Gasteiger partial charge in [0.25, 0.3) is 0 Å². The van der Waals surface area contributed by atoms with Crippen molar-refractivity contribution in [3.05, 3.63) is 210 Å². The van der Waals surface area contributed by atoms with Gasteiger partial charge in [-0.15, -0.1) is 22.7 Å². The molecule has 49 heavy (non-hydrogen) atoms. The molecule has 0 aliphatic heterocycles. The summed E-state index contributed by atoms with van der Waals surface area (Å²) in [6.45, 7) is 0. The van der Waals surface area contributed by atoms with Gasteiger partial charge in [-0.05, 0) is 102 Å². The largest absolute Gasteiger partial charge is 0.147 e. The van der Waals surface area contributed by atoms with Crippen molar-refractivity contribution < 1.29 is 0 Å². The van der Waals surface area contributed by atoms with E-state index in [1.807, 2.05) is 22.7 Å². The Balaban J connectivity index is 1.30. The topological polar surface area (TPSA) is 0 Å². The smallest absolute Gasteiger partial charge is 0.0906 e. The first-order chi connectivity index (χ1) is 24.2. The molecule has 8 aromatic rings. The number of hydrogen-bond acceptors (Lipinski definition) is 2. The second kappa shape index (κ2) is 10.1. The fraction of sp³-hybridized carbons (Fsp3) is 0.0435. The molecule has 1 unspecified atom stereocenters. The minimum atomic E-state index is -0.488. The molecule has 0 amide bonds. The number of fused-ring (bicyclic) bond motifs is 13. The zero-order valence-electron chi connectivity index (χ0n) is 26.3. The predicted octanol–water partition coefficient (Wildman–Crippen LogP) is 12.9. The van der Waals surface area contributed by atoms with Gasteiger partial charge in [0.15, 0.2) is 0 Å². The lowest BCUT2D eigenvalue weighted by Gasteiger charge is -2.33. The van der Waals surface area contributed by atoms with Crippen molar-refractivity contribution in [3.63, 3.8) is 0 Å². The average molecular weight is 724 g/mol. The lowest BCUT2D eigenvalue weighted by atomic mass is 9.73.